The summed E-state index contributed by atoms with van der Waals surface area (Å²) in [5.74, 6) is -0.356. The Morgan fingerprint density at radius 2 is 2.29 bits per heavy atom. The molecule has 2 rings (SSSR count). The Balaban J connectivity index is 2.20. The molecule has 0 radical (unpaired) electrons. The molecule has 1 aromatic heterocycles. The van der Waals surface area contributed by atoms with Crippen molar-refractivity contribution in [3.63, 3.8) is 0 Å². The highest BCUT2D eigenvalue weighted by atomic mass is 35.5. The standard InChI is InChI=1S/C11H11ClN4O/c1-16-6-9(13)10(15-16)11(17)14-8-4-2-3-7(12)5-8/h2-6H,13H2,1H3,(H,14,17). The van der Waals surface area contributed by atoms with Crippen LogP contribution < -0.4 is 11.1 Å². The van der Waals surface area contributed by atoms with Gasteiger partial charge in [0, 0.05) is 24.0 Å². The average Bonchev–Trinajstić information content (AvgIpc) is 2.58. The second-order valence-corrected chi connectivity index (χ2v) is 4.01. The molecule has 0 fully saturated rings. The molecule has 0 aliphatic carbocycles. The van der Waals surface area contributed by atoms with Crippen molar-refractivity contribution in [3.05, 3.63) is 41.2 Å². The average molecular weight is 251 g/mol. The van der Waals surface area contributed by atoms with E-state index in [1.54, 1.807) is 37.5 Å². The minimum Gasteiger partial charge on any atom is -0.396 e. The van der Waals surface area contributed by atoms with Gasteiger partial charge in [0.15, 0.2) is 5.69 Å². The van der Waals surface area contributed by atoms with E-state index in [1.165, 1.54) is 4.68 Å². The Morgan fingerprint density at radius 3 is 2.88 bits per heavy atom. The summed E-state index contributed by atoms with van der Waals surface area (Å²) in [5.41, 5.74) is 6.80. The first kappa shape index (κ1) is 11.5. The molecule has 0 aliphatic heterocycles. The number of carbonyl (C=O) groups excluding carboxylic acids is 1. The van der Waals surface area contributed by atoms with Crippen LogP contribution in [0, 0.1) is 0 Å². The molecule has 0 saturated carbocycles. The summed E-state index contributed by atoms with van der Waals surface area (Å²) in [6.07, 6.45) is 1.58. The Kier molecular flexibility index (Phi) is 3.01. The molecule has 17 heavy (non-hydrogen) atoms. The van der Waals surface area contributed by atoms with Gasteiger partial charge in [-0.3, -0.25) is 9.48 Å². The van der Waals surface area contributed by atoms with Gasteiger partial charge in [0.1, 0.15) is 0 Å². The molecule has 3 N–H and O–H groups in total. The van der Waals surface area contributed by atoms with Crippen LogP contribution in [0.4, 0.5) is 11.4 Å². The van der Waals surface area contributed by atoms with Gasteiger partial charge < -0.3 is 11.1 Å². The van der Waals surface area contributed by atoms with Gasteiger partial charge in [-0.1, -0.05) is 17.7 Å². The molecular formula is C11H11ClN4O. The summed E-state index contributed by atoms with van der Waals surface area (Å²) in [7, 11) is 1.70. The summed E-state index contributed by atoms with van der Waals surface area (Å²) in [4.78, 5) is 11.8. The highest BCUT2D eigenvalue weighted by Gasteiger charge is 2.13. The van der Waals surface area contributed by atoms with Gasteiger partial charge in [0.2, 0.25) is 0 Å². The van der Waals surface area contributed by atoms with E-state index in [4.69, 9.17) is 17.3 Å². The van der Waals surface area contributed by atoms with Crippen LogP contribution in [-0.2, 0) is 7.05 Å². The van der Waals surface area contributed by atoms with Crippen LogP contribution in [0.2, 0.25) is 5.02 Å². The van der Waals surface area contributed by atoms with Crippen molar-refractivity contribution in [1.29, 1.82) is 0 Å². The van der Waals surface area contributed by atoms with E-state index >= 15 is 0 Å². The van der Waals surface area contributed by atoms with Gasteiger partial charge in [-0.05, 0) is 18.2 Å². The van der Waals surface area contributed by atoms with Crippen molar-refractivity contribution < 1.29 is 4.79 Å². The fraction of sp³-hybridized carbons (Fsp3) is 0.0909. The van der Waals surface area contributed by atoms with Crippen molar-refractivity contribution in [2.24, 2.45) is 7.05 Å². The molecular weight excluding hydrogens is 240 g/mol. The van der Waals surface area contributed by atoms with Gasteiger partial charge in [0.25, 0.3) is 5.91 Å². The van der Waals surface area contributed by atoms with Crippen molar-refractivity contribution in [2.75, 3.05) is 11.1 Å². The third kappa shape index (κ3) is 2.57. The van der Waals surface area contributed by atoms with Crippen LogP contribution in [0.1, 0.15) is 10.5 Å². The molecule has 6 heteroatoms. The molecule has 0 bridgehead atoms. The molecule has 1 heterocycles. The maximum atomic E-state index is 11.8. The van der Waals surface area contributed by atoms with E-state index < -0.39 is 0 Å². The number of nitrogen functional groups attached to an aromatic ring is 1. The summed E-state index contributed by atoms with van der Waals surface area (Å²) in [6, 6.07) is 6.87. The molecule has 0 atom stereocenters. The van der Waals surface area contributed by atoms with E-state index in [0.29, 0.717) is 16.4 Å². The quantitative estimate of drug-likeness (QED) is 0.855. The fourth-order valence-electron chi connectivity index (χ4n) is 1.44. The number of anilines is 2. The Hall–Kier alpha value is -2.01. The molecule has 0 spiro atoms. The third-order valence-electron chi connectivity index (χ3n) is 2.15. The fourth-order valence-corrected chi connectivity index (χ4v) is 1.63. The summed E-state index contributed by atoms with van der Waals surface area (Å²) in [6.45, 7) is 0. The SMILES string of the molecule is Cn1cc(N)c(C(=O)Nc2cccc(Cl)c2)n1. The predicted octanol–water partition coefficient (Wildman–Crippen LogP) is 1.91. The van der Waals surface area contributed by atoms with Crippen LogP contribution in [-0.4, -0.2) is 15.7 Å². The van der Waals surface area contributed by atoms with E-state index in [-0.39, 0.29) is 11.6 Å². The van der Waals surface area contributed by atoms with E-state index in [0.717, 1.165) is 0 Å². The maximum Gasteiger partial charge on any atom is 0.278 e. The van der Waals surface area contributed by atoms with Crippen LogP contribution in [0.3, 0.4) is 0 Å². The van der Waals surface area contributed by atoms with Gasteiger partial charge in [0.05, 0.1) is 5.69 Å². The van der Waals surface area contributed by atoms with Crippen LogP contribution in [0.25, 0.3) is 0 Å². The van der Waals surface area contributed by atoms with Crippen molar-refractivity contribution in [2.45, 2.75) is 0 Å². The van der Waals surface area contributed by atoms with Crippen molar-refractivity contribution in [3.8, 4) is 0 Å². The number of aryl methyl sites for hydroxylation is 1. The topological polar surface area (TPSA) is 72.9 Å². The first-order valence-electron chi connectivity index (χ1n) is 4.92. The number of amides is 1. The van der Waals surface area contributed by atoms with Crippen molar-refractivity contribution >= 4 is 28.9 Å². The van der Waals surface area contributed by atoms with E-state index in [9.17, 15) is 4.79 Å². The molecule has 0 aliphatic rings. The molecule has 5 nitrogen and oxygen atoms in total. The van der Waals surface area contributed by atoms with Crippen LogP contribution >= 0.6 is 11.6 Å². The Labute approximate surface area is 103 Å². The lowest BCUT2D eigenvalue weighted by molar-refractivity contribution is 0.102. The zero-order valence-electron chi connectivity index (χ0n) is 9.14. The molecule has 0 unspecified atom stereocenters. The molecule has 88 valence electrons. The zero-order valence-corrected chi connectivity index (χ0v) is 9.90. The number of rotatable bonds is 2. The zero-order chi connectivity index (χ0) is 12.4. The molecule has 1 aromatic carbocycles. The number of carbonyl (C=O) groups is 1. The highest BCUT2D eigenvalue weighted by Crippen LogP contribution is 2.16. The number of hydrogen-bond acceptors (Lipinski definition) is 3. The first-order chi connectivity index (χ1) is 8.06. The predicted molar refractivity (Wildman–Crippen MR) is 67.0 cm³/mol. The number of aromatic nitrogens is 2. The minimum absolute atomic E-state index is 0.201. The smallest absolute Gasteiger partial charge is 0.278 e. The number of benzene rings is 1. The van der Waals surface area contributed by atoms with Crippen LogP contribution in [0.5, 0.6) is 0 Å². The summed E-state index contributed by atoms with van der Waals surface area (Å²) < 4.78 is 1.49. The summed E-state index contributed by atoms with van der Waals surface area (Å²) >= 11 is 5.81. The van der Waals surface area contributed by atoms with E-state index in [2.05, 4.69) is 10.4 Å². The largest absolute Gasteiger partial charge is 0.396 e. The van der Waals surface area contributed by atoms with Gasteiger partial charge in [-0.2, -0.15) is 5.10 Å². The second kappa shape index (κ2) is 4.47. The van der Waals surface area contributed by atoms with Crippen LogP contribution in [0.15, 0.2) is 30.5 Å². The van der Waals surface area contributed by atoms with Crippen molar-refractivity contribution in [1.82, 2.24) is 9.78 Å². The first-order valence-corrected chi connectivity index (χ1v) is 5.30. The van der Waals surface area contributed by atoms with Gasteiger partial charge in [-0.25, -0.2) is 0 Å². The minimum atomic E-state index is -0.356. The number of hydrogen-bond donors (Lipinski definition) is 2. The lowest BCUT2D eigenvalue weighted by atomic mass is 10.3. The maximum absolute atomic E-state index is 11.8. The van der Waals surface area contributed by atoms with E-state index in [1.807, 2.05) is 0 Å². The normalized spacial score (nSPS) is 10.2. The number of nitrogens with one attached hydrogen (secondary N) is 1. The molecule has 2 aromatic rings. The monoisotopic (exact) mass is 250 g/mol. The second-order valence-electron chi connectivity index (χ2n) is 3.57. The number of halogens is 1. The Bertz CT molecular complexity index is 564. The molecule has 1 amide bonds. The lowest BCUT2D eigenvalue weighted by Crippen LogP contribution is -2.14. The number of nitrogens with two attached hydrogens (primary N) is 1. The lowest BCUT2D eigenvalue weighted by Gasteiger charge is -2.03. The highest BCUT2D eigenvalue weighted by molar-refractivity contribution is 6.31. The number of nitrogens with zero attached hydrogens (tertiary/aromatic N) is 2. The third-order valence-corrected chi connectivity index (χ3v) is 2.39. The molecule has 0 saturated heterocycles. The van der Waals surface area contributed by atoms with Gasteiger partial charge >= 0.3 is 0 Å². The Morgan fingerprint density at radius 1 is 1.53 bits per heavy atom. The van der Waals surface area contributed by atoms with Gasteiger partial charge in [-0.15, -0.1) is 0 Å². The summed E-state index contributed by atoms with van der Waals surface area (Å²) in [5, 5.41) is 7.20.